The molecule has 4 heteroatoms. The van der Waals surface area contributed by atoms with Crippen molar-refractivity contribution in [3.05, 3.63) is 53.9 Å². The van der Waals surface area contributed by atoms with E-state index in [2.05, 4.69) is 16.0 Å². The van der Waals surface area contributed by atoms with Gasteiger partial charge in [0.2, 0.25) is 0 Å². The standard InChI is InChI=1S/C16H17N3S/c1-19(11-9-13-6-3-4-10-18-13)15-7-5-8-16(20-2)14(15)12-17/h3-8,10H,9,11H2,1-2H3. The Hall–Kier alpha value is -1.99. The molecule has 102 valence electrons. The molecule has 1 aromatic heterocycles. The summed E-state index contributed by atoms with van der Waals surface area (Å²) in [5.74, 6) is 0. The van der Waals surface area contributed by atoms with Gasteiger partial charge in [-0.2, -0.15) is 5.26 Å². The minimum absolute atomic E-state index is 0.753. The molecule has 1 heterocycles. The average Bonchev–Trinajstić information content (AvgIpc) is 2.52. The second kappa shape index (κ2) is 6.97. The van der Waals surface area contributed by atoms with Crippen molar-refractivity contribution >= 4 is 17.4 Å². The summed E-state index contributed by atoms with van der Waals surface area (Å²) in [7, 11) is 2.02. The van der Waals surface area contributed by atoms with E-state index in [4.69, 9.17) is 0 Å². The van der Waals surface area contributed by atoms with Gasteiger partial charge < -0.3 is 4.90 Å². The second-order valence-corrected chi connectivity index (χ2v) is 5.31. The van der Waals surface area contributed by atoms with Gasteiger partial charge in [-0.3, -0.25) is 4.98 Å². The molecule has 2 aromatic rings. The molecule has 0 saturated heterocycles. The lowest BCUT2D eigenvalue weighted by Crippen LogP contribution is -2.21. The summed E-state index contributed by atoms with van der Waals surface area (Å²) in [5.41, 5.74) is 2.80. The number of hydrogen-bond donors (Lipinski definition) is 0. The highest BCUT2D eigenvalue weighted by molar-refractivity contribution is 7.98. The van der Waals surface area contributed by atoms with Crippen LogP contribution >= 0.6 is 11.8 Å². The van der Waals surface area contributed by atoms with E-state index in [1.165, 1.54) is 0 Å². The predicted octanol–water partition coefficient (Wildman–Crippen LogP) is 3.35. The van der Waals surface area contributed by atoms with Gasteiger partial charge in [0.25, 0.3) is 0 Å². The topological polar surface area (TPSA) is 39.9 Å². The van der Waals surface area contributed by atoms with Gasteiger partial charge in [0.1, 0.15) is 6.07 Å². The molecule has 2 rings (SSSR count). The SMILES string of the molecule is CSc1cccc(N(C)CCc2ccccn2)c1C#N. The maximum absolute atomic E-state index is 9.36. The van der Waals surface area contributed by atoms with Crippen LogP contribution in [0.4, 0.5) is 5.69 Å². The van der Waals surface area contributed by atoms with Gasteiger partial charge >= 0.3 is 0 Å². The molecule has 0 aliphatic carbocycles. The molecule has 0 fully saturated rings. The van der Waals surface area contributed by atoms with Crippen LogP contribution in [0.3, 0.4) is 0 Å². The van der Waals surface area contributed by atoms with Crippen molar-refractivity contribution in [2.45, 2.75) is 11.3 Å². The molecule has 3 nitrogen and oxygen atoms in total. The van der Waals surface area contributed by atoms with Crippen LogP contribution < -0.4 is 4.90 Å². The summed E-state index contributed by atoms with van der Waals surface area (Å²) in [6, 6.07) is 14.2. The van der Waals surface area contributed by atoms with E-state index in [1.54, 1.807) is 11.8 Å². The van der Waals surface area contributed by atoms with Crippen molar-refractivity contribution in [1.29, 1.82) is 5.26 Å². The van der Waals surface area contributed by atoms with Crippen LogP contribution in [0.2, 0.25) is 0 Å². The number of hydrogen-bond acceptors (Lipinski definition) is 4. The second-order valence-electron chi connectivity index (χ2n) is 4.46. The Bertz CT molecular complexity index is 605. The molecule has 0 radical (unpaired) electrons. The van der Waals surface area contributed by atoms with Crippen molar-refractivity contribution in [1.82, 2.24) is 4.98 Å². The first kappa shape index (κ1) is 14.4. The Morgan fingerprint density at radius 3 is 2.75 bits per heavy atom. The lowest BCUT2D eigenvalue weighted by Gasteiger charge is -2.21. The maximum Gasteiger partial charge on any atom is 0.102 e. The van der Waals surface area contributed by atoms with E-state index >= 15 is 0 Å². The average molecular weight is 283 g/mol. The number of likely N-dealkylation sites (N-methyl/N-ethyl adjacent to an activating group) is 1. The highest BCUT2D eigenvalue weighted by atomic mass is 32.2. The summed E-state index contributed by atoms with van der Waals surface area (Å²) < 4.78 is 0. The first-order valence-electron chi connectivity index (χ1n) is 6.44. The van der Waals surface area contributed by atoms with E-state index in [0.717, 1.165) is 34.8 Å². The number of pyridine rings is 1. The van der Waals surface area contributed by atoms with Gasteiger partial charge in [0, 0.05) is 36.8 Å². The Morgan fingerprint density at radius 1 is 1.25 bits per heavy atom. The van der Waals surface area contributed by atoms with Crippen LogP contribution in [-0.4, -0.2) is 24.8 Å². The summed E-state index contributed by atoms with van der Waals surface area (Å²) in [4.78, 5) is 7.47. The monoisotopic (exact) mass is 283 g/mol. The van der Waals surface area contributed by atoms with E-state index in [1.807, 2.05) is 55.9 Å². The first-order valence-corrected chi connectivity index (χ1v) is 7.67. The lowest BCUT2D eigenvalue weighted by atomic mass is 10.1. The van der Waals surface area contributed by atoms with E-state index in [0.29, 0.717) is 0 Å². The molecule has 0 atom stereocenters. The van der Waals surface area contributed by atoms with Crippen LogP contribution in [0.5, 0.6) is 0 Å². The fourth-order valence-corrected chi connectivity index (χ4v) is 2.64. The van der Waals surface area contributed by atoms with E-state index in [-0.39, 0.29) is 0 Å². The Kier molecular flexibility index (Phi) is 5.03. The maximum atomic E-state index is 9.36. The summed E-state index contributed by atoms with van der Waals surface area (Å²) in [6.45, 7) is 0.837. The fraction of sp³-hybridized carbons (Fsp3) is 0.250. The van der Waals surface area contributed by atoms with Crippen molar-refractivity contribution < 1.29 is 0 Å². The molecule has 0 unspecified atom stereocenters. The Balaban J connectivity index is 2.13. The third kappa shape index (κ3) is 3.31. The van der Waals surface area contributed by atoms with Crippen LogP contribution in [0.1, 0.15) is 11.3 Å². The molecule has 0 aliphatic heterocycles. The number of aromatic nitrogens is 1. The molecule has 0 amide bonds. The lowest BCUT2D eigenvalue weighted by molar-refractivity contribution is 0.850. The van der Waals surface area contributed by atoms with Crippen molar-refractivity contribution in [2.75, 3.05) is 24.7 Å². The van der Waals surface area contributed by atoms with E-state index in [9.17, 15) is 5.26 Å². The van der Waals surface area contributed by atoms with Gasteiger partial charge in [-0.05, 0) is 30.5 Å². The number of thioether (sulfide) groups is 1. The van der Waals surface area contributed by atoms with Gasteiger partial charge in [0.05, 0.1) is 11.3 Å². The zero-order chi connectivity index (χ0) is 14.4. The van der Waals surface area contributed by atoms with Crippen LogP contribution in [-0.2, 0) is 6.42 Å². The molecular weight excluding hydrogens is 266 g/mol. The van der Waals surface area contributed by atoms with Crippen LogP contribution in [0.15, 0.2) is 47.5 Å². The molecule has 1 aromatic carbocycles. The molecule has 0 aliphatic rings. The van der Waals surface area contributed by atoms with Crippen molar-refractivity contribution in [3.8, 4) is 6.07 Å². The van der Waals surface area contributed by atoms with Gasteiger partial charge in [-0.1, -0.05) is 12.1 Å². The minimum Gasteiger partial charge on any atom is -0.373 e. The smallest absolute Gasteiger partial charge is 0.102 e. The van der Waals surface area contributed by atoms with E-state index < -0.39 is 0 Å². The summed E-state index contributed by atoms with van der Waals surface area (Å²) in [6.07, 6.45) is 4.67. The third-order valence-electron chi connectivity index (χ3n) is 3.18. The van der Waals surface area contributed by atoms with Crippen LogP contribution in [0, 0.1) is 11.3 Å². The minimum atomic E-state index is 0.753. The van der Waals surface area contributed by atoms with Crippen molar-refractivity contribution in [3.63, 3.8) is 0 Å². The number of nitrogens with zero attached hydrogens (tertiary/aromatic N) is 3. The van der Waals surface area contributed by atoms with Gasteiger partial charge in [-0.25, -0.2) is 0 Å². The van der Waals surface area contributed by atoms with Crippen LogP contribution in [0.25, 0.3) is 0 Å². The molecule has 0 spiro atoms. The third-order valence-corrected chi connectivity index (χ3v) is 3.96. The number of anilines is 1. The van der Waals surface area contributed by atoms with Crippen molar-refractivity contribution in [2.24, 2.45) is 0 Å². The zero-order valence-corrected chi connectivity index (χ0v) is 12.5. The largest absolute Gasteiger partial charge is 0.373 e. The summed E-state index contributed by atoms with van der Waals surface area (Å²) >= 11 is 1.60. The first-order chi connectivity index (χ1) is 9.76. The quantitative estimate of drug-likeness (QED) is 0.789. The molecule has 0 bridgehead atoms. The van der Waals surface area contributed by atoms with Gasteiger partial charge in [-0.15, -0.1) is 11.8 Å². The Labute approximate surface area is 124 Å². The molecule has 0 saturated carbocycles. The molecule has 0 N–H and O–H groups in total. The number of nitriles is 1. The van der Waals surface area contributed by atoms with Gasteiger partial charge in [0.15, 0.2) is 0 Å². The predicted molar refractivity (Wildman–Crippen MR) is 84.1 cm³/mol. The number of rotatable bonds is 5. The zero-order valence-electron chi connectivity index (χ0n) is 11.7. The highest BCUT2D eigenvalue weighted by Crippen LogP contribution is 2.28. The Morgan fingerprint density at radius 2 is 2.10 bits per heavy atom. The highest BCUT2D eigenvalue weighted by Gasteiger charge is 2.11. The normalized spacial score (nSPS) is 10.1. The molecule has 20 heavy (non-hydrogen) atoms. The molecular formula is C16H17N3S. The number of benzene rings is 1. The summed E-state index contributed by atoms with van der Waals surface area (Å²) in [5, 5.41) is 9.36. The fourth-order valence-electron chi connectivity index (χ4n) is 2.07.